The van der Waals surface area contributed by atoms with E-state index in [-0.39, 0.29) is 11.6 Å². The Balaban J connectivity index is 2.37. The van der Waals surface area contributed by atoms with E-state index in [1.54, 1.807) is 12.1 Å². The molecule has 2 N–H and O–H groups in total. The van der Waals surface area contributed by atoms with E-state index in [9.17, 15) is 4.39 Å². The average molecular weight is 190 g/mol. The molecular formula is C11H11FN2. The molecule has 3 heteroatoms. The van der Waals surface area contributed by atoms with Crippen LogP contribution in [-0.4, -0.2) is 0 Å². The van der Waals surface area contributed by atoms with Crippen LogP contribution in [0.5, 0.6) is 0 Å². The van der Waals surface area contributed by atoms with Gasteiger partial charge in [0.25, 0.3) is 0 Å². The molecule has 72 valence electrons. The molecule has 1 fully saturated rings. The first-order valence-electron chi connectivity index (χ1n) is 4.68. The Labute approximate surface area is 82.1 Å². The summed E-state index contributed by atoms with van der Waals surface area (Å²) in [5, 5.41) is 8.65. The third-order valence-electron chi connectivity index (χ3n) is 2.64. The molecule has 0 radical (unpaired) electrons. The minimum atomic E-state index is -0.450. The summed E-state index contributed by atoms with van der Waals surface area (Å²) in [6, 6.07) is 6.39. The molecule has 14 heavy (non-hydrogen) atoms. The lowest BCUT2D eigenvalue weighted by Crippen LogP contribution is -2.14. The summed E-state index contributed by atoms with van der Waals surface area (Å²) < 4.78 is 13.6. The minimum absolute atomic E-state index is 0.0820. The summed E-state index contributed by atoms with van der Waals surface area (Å²) in [5.41, 5.74) is 6.44. The molecule has 0 amide bonds. The molecule has 1 atom stereocenters. The summed E-state index contributed by atoms with van der Waals surface area (Å²) in [5.74, 6) is -0.0483. The van der Waals surface area contributed by atoms with Crippen molar-refractivity contribution in [2.45, 2.75) is 18.9 Å². The van der Waals surface area contributed by atoms with Crippen LogP contribution in [0.15, 0.2) is 18.2 Å². The lowest BCUT2D eigenvalue weighted by molar-refractivity contribution is 0.551. The summed E-state index contributed by atoms with van der Waals surface area (Å²) in [6.07, 6.45) is 2.13. The van der Waals surface area contributed by atoms with Crippen LogP contribution in [0, 0.1) is 23.1 Å². The van der Waals surface area contributed by atoms with Crippen LogP contribution in [0.4, 0.5) is 4.39 Å². The lowest BCUT2D eigenvalue weighted by Gasteiger charge is -2.11. The van der Waals surface area contributed by atoms with Crippen LogP contribution >= 0.6 is 0 Å². The quantitative estimate of drug-likeness (QED) is 0.776. The van der Waals surface area contributed by atoms with Gasteiger partial charge in [-0.25, -0.2) is 4.39 Å². The largest absolute Gasteiger partial charge is 0.324 e. The molecule has 1 aliphatic rings. The maximum Gasteiger partial charge on any atom is 0.145 e. The van der Waals surface area contributed by atoms with E-state index >= 15 is 0 Å². The Hall–Kier alpha value is -1.40. The molecule has 0 spiro atoms. The molecule has 1 aromatic rings. The smallest absolute Gasteiger partial charge is 0.145 e. The zero-order valence-corrected chi connectivity index (χ0v) is 7.70. The van der Waals surface area contributed by atoms with E-state index in [4.69, 9.17) is 11.0 Å². The molecule has 2 rings (SSSR count). The first kappa shape index (κ1) is 9.17. The van der Waals surface area contributed by atoms with Gasteiger partial charge in [0.15, 0.2) is 0 Å². The van der Waals surface area contributed by atoms with E-state index in [0.717, 1.165) is 12.8 Å². The standard InChI is InChI=1S/C11H11FN2/c12-10-8(6-13)2-1-3-9(10)11(14)7-4-5-7/h1-3,7,11H,4-5,14H2. The van der Waals surface area contributed by atoms with Crippen molar-refractivity contribution in [2.24, 2.45) is 11.7 Å². The van der Waals surface area contributed by atoms with E-state index in [1.807, 2.05) is 6.07 Å². The van der Waals surface area contributed by atoms with Gasteiger partial charge in [-0.2, -0.15) is 5.26 Å². The number of hydrogen-bond acceptors (Lipinski definition) is 2. The van der Waals surface area contributed by atoms with Crippen molar-refractivity contribution in [3.8, 4) is 6.07 Å². The fourth-order valence-electron chi connectivity index (χ4n) is 1.60. The van der Waals surface area contributed by atoms with E-state index < -0.39 is 5.82 Å². The normalized spacial score (nSPS) is 17.5. The number of halogens is 1. The number of hydrogen-bond donors (Lipinski definition) is 1. The third-order valence-corrected chi connectivity index (χ3v) is 2.64. The predicted molar refractivity (Wildman–Crippen MR) is 50.8 cm³/mol. The third kappa shape index (κ3) is 1.49. The van der Waals surface area contributed by atoms with E-state index in [1.165, 1.54) is 6.07 Å². The summed E-state index contributed by atoms with van der Waals surface area (Å²) in [7, 11) is 0. The van der Waals surface area contributed by atoms with Crippen LogP contribution in [0.2, 0.25) is 0 Å². The second-order valence-electron chi connectivity index (χ2n) is 3.68. The molecule has 0 aliphatic heterocycles. The molecule has 0 aromatic heterocycles. The summed E-state index contributed by atoms with van der Waals surface area (Å²) in [4.78, 5) is 0. The van der Waals surface area contributed by atoms with Crippen molar-refractivity contribution in [2.75, 3.05) is 0 Å². The number of rotatable bonds is 2. The summed E-state index contributed by atoms with van der Waals surface area (Å²) in [6.45, 7) is 0. The number of nitrogens with zero attached hydrogens (tertiary/aromatic N) is 1. The Bertz CT molecular complexity index is 391. The fourth-order valence-corrected chi connectivity index (χ4v) is 1.60. The van der Waals surface area contributed by atoms with Crippen LogP contribution in [0.25, 0.3) is 0 Å². The Morgan fingerprint density at radius 3 is 2.79 bits per heavy atom. The van der Waals surface area contributed by atoms with Crippen LogP contribution in [0.1, 0.15) is 30.0 Å². The van der Waals surface area contributed by atoms with Gasteiger partial charge in [0.05, 0.1) is 5.56 Å². The molecule has 1 saturated carbocycles. The molecule has 0 saturated heterocycles. The number of nitrogens with two attached hydrogens (primary N) is 1. The highest BCUT2D eigenvalue weighted by atomic mass is 19.1. The van der Waals surface area contributed by atoms with Gasteiger partial charge in [-0.1, -0.05) is 12.1 Å². The van der Waals surface area contributed by atoms with Gasteiger partial charge in [-0.05, 0) is 24.8 Å². The first-order chi connectivity index (χ1) is 6.74. The molecule has 0 bridgehead atoms. The Kier molecular flexibility index (Phi) is 2.22. The molecule has 2 nitrogen and oxygen atoms in total. The molecule has 1 unspecified atom stereocenters. The van der Waals surface area contributed by atoms with Gasteiger partial charge in [0.1, 0.15) is 11.9 Å². The van der Waals surface area contributed by atoms with Crippen LogP contribution in [0.3, 0.4) is 0 Å². The van der Waals surface area contributed by atoms with E-state index in [0.29, 0.717) is 11.5 Å². The van der Waals surface area contributed by atoms with Crippen molar-refractivity contribution in [1.82, 2.24) is 0 Å². The predicted octanol–water partition coefficient (Wildman–Crippen LogP) is 2.11. The van der Waals surface area contributed by atoms with Crippen molar-refractivity contribution < 1.29 is 4.39 Å². The highest BCUT2D eigenvalue weighted by Gasteiger charge is 2.31. The molecule has 0 heterocycles. The zero-order chi connectivity index (χ0) is 10.1. The fraction of sp³-hybridized carbons (Fsp3) is 0.364. The zero-order valence-electron chi connectivity index (χ0n) is 7.70. The monoisotopic (exact) mass is 190 g/mol. The highest BCUT2D eigenvalue weighted by molar-refractivity contribution is 5.36. The van der Waals surface area contributed by atoms with Gasteiger partial charge in [-0.15, -0.1) is 0 Å². The van der Waals surface area contributed by atoms with Crippen molar-refractivity contribution in [3.63, 3.8) is 0 Å². The average Bonchev–Trinajstić information content (AvgIpc) is 3.00. The Morgan fingerprint density at radius 2 is 2.21 bits per heavy atom. The van der Waals surface area contributed by atoms with Gasteiger partial charge in [-0.3, -0.25) is 0 Å². The van der Waals surface area contributed by atoms with Gasteiger partial charge >= 0.3 is 0 Å². The van der Waals surface area contributed by atoms with Gasteiger partial charge < -0.3 is 5.73 Å². The topological polar surface area (TPSA) is 49.8 Å². The number of nitriles is 1. The van der Waals surface area contributed by atoms with Crippen molar-refractivity contribution in [1.29, 1.82) is 5.26 Å². The Morgan fingerprint density at radius 1 is 1.50 bits per heavy atom. The van der Waals surface area contributed by atoms with E-state index in [2.05, 4.69) is 0 Å². The van der Waals surface area contributed by atoms with Gasteiger partial charge in [0.2, 0.25) is 0 Å². The SMILES string of the molecule is N#Cc1cccc(C(N)C2CC2)c1F. The van der Waals surface area contributed by atoms with Gasteiger partial charge in [0, 0.05) is 11.6 Å². The lowest BCUT2D eigenvalue weighted by atomic mass is 10.0. The molecule has 1 aliphatic carbocycles. The summed E-state index contributed by atoms with van der Waals surface area (Å²) >= 11 is 0. The maximum absolute atomic E-state index is 13.6. The van der Waals surface area contributed by atoms with Crippen LogP contribution in [-0.2, 0) is 0 Å². The van der Waals surface area contributed by atoms with Crippen LogP contribution < -0.4 is 5.73 Å². The highest BCUT2D eigenvalue weighted by Crippen LogP contribution is 2.40. The van der Waals surface area contributed by atoms with Crippen molar-refractivity contribution in [3.05, 3.63) is 35.1 Å². The molecular weight excluding hydrogens is 179 g/mol. The minimum Gasteiger partial charge on any atom is -0.324 e. The maximum atomic E-state index is 13.6. The first-order valence-corrected chi connectivity index (χ1v) is 4.68. The van der Waals surface area contributed by atoms with Crippen molar-refractivity contribution >= 4 is 0 Å². The number of benzene rings is 1. The molecule has 1 aromatic carbocycles. The second kappa shape index (κ2) is 3.39. The second-order valence-corrected chi connectivity index (χ2v) is 3.68.